The van der Waals surface area contributed by atoms with Crippen LogP contribution in [0, 0.1) is 12.7 Å². The molecule has 0 radical (unpaired) electrons. The first-order chi connectivity index (χ1) is 10.6. The zero-order valence-corrected chi connectivity index (χ0v) is 12.3. The summed E-state index contributed by atoms with van der Waals surface area (Å²) in [7, 11) is 0. The van der Waals surface area contributed by atoms with Gasteiger partial charge in [-0.05, 0) is 43.2 Å². The SMILES string of the molecule is Cc1ccc(C(=O)NCCCOc2ccccc2F)c(O)c1. The average Bonchev–Trinajstić information content (AvgIpc) is 2.48. The van der Waals surface area contributed by atoms with Gasteiger partial charge in [-0.25, -0.2) is 4.39 Å². The summed E-state index contributed by atoms with van der Waals surface area (Å²) in [5.41, 5.74) is 1.12. The predicted octanol–water partition coefficient (Wildman–Crippen LogP) is 3.04. The van der Waals surface area contributed by atoms with Crippen LogP contribution in [-0.4, -0.2) is 24.2 Å². The number of carbonyl (C=O) groups is 1. The van der Waals surface area contributed by atoms with E-state index in [-0.39, 0.29) is 23.0 Å². The van der Waals surface area contributed by atoms with Crippen LogP contribution >= 0.6 is 0 Å². The highest BCUT2D eigenvalue weighted by molar-refractivity contribution is 5.96. The third kappa shape index (κ3) is 4.22. The quantitative estimate of drug-likeness (QED) is 0.806. The molecule has 1 amide bonds. The fourth-order valence-electron chi connectivity index (χ4n) is 1.95. The second kappa shape index (κ2) is 7.45. The average molecular weight is 303 g/mol. The lowest BCUT2D eigenvalue weighted by atomic mass is 10.1. The summed E-state index contributed by atoms with van der Waals surface area (Å²) in [4.78, 5) is 11.9. The van der Waals surface area contributed by atoms with Gasteiger partial charge < -0.3 is 15.2 Å². The minimum Gasteiger partial charge on any atom is -0.507 e. The van der Waals surface area contributed by atoms with Crippen molar-refractivity contribution in [3.8, 4) is 11.5 Å². The fraction of sp³-hybridized carbons (Fsp3) is 0.235. The van der Waals surface area contributed by atoms with E-state index < -0.39 is 5.82 Å². The Hall–Kier alpha value is -2.56. The van der Waals surface area contributed by atoms with Crippen molar-refractivity contribution in [1.82, 2.24) is 5.32 Å². The van der Waals surface area contributed by atoms with E-state index in [1.54, 1.807) is 30.3 Å². The molecule has 116 valence electrons. The van der Waals surface area contributed by atoms with Crippen LogP contribution in [0.4, 0.5) is 4.39 Å². The molecule has 0 unspecified atom stereocenters. The van der Waals surface area contributed by atoms with Crippen molar-refractivity contribution in [2.75, 3.05) is 13.2 Å². The second-order valence-corrected chi connectivity index (χ2v) is 4.91. The molecule has 0 aliphatic heterocycles. The van der Waals surface area contributed by atoms with E-state index >= 15 is 0 Å². The number of aromatic hydroxyl groups is 1. The number of halogens is 1. The molecule has 2 rings (SSSR count). The number of carbonyl (C=O) groups excluding carboxylic acids is 1. The van der Waals surface area contributed by atoms with E-state index in [0.717, 1.165) is 5.56 Å². The van der Waals surface area contributed by atoms with Gasteiger partial charge in [0.05, 0.1) is 12.2 Å². The van der Waals surface area contributed by atoms with Crippen LogP contribution < -0.4 is 10.1 Å². The van der Waals surface area contributed by atoms with E-state index in [1.807, 2.05) is 6.92 Å². The number of hydrogen-bond acceptors (Lipinski definition) is 3. The summed E-state index contributed by atoms with van der Waals surface area (Å²) in [5, 5.41) is 12.4. The summed E-state index contributed by atoms with van der Waals surface area (Å²) in [6.07, 6.45) is 0.534. The van der Waals surface area contributed by atoms with Crippen LogP contribution in [0.2, 0.25) is 0 Å². The Balaban J connectivity index is 1.75. The lowest BCUT2D eigenvalue weighted by Gasteiger charge is -2.09. The lowest BCUT2D eigenvalue weighted by molar-refractivity contribution is 0.0949. The number of hydrogen-bond donors (Lipinski definition) is 2. The highest BCUT2D eigenvalue weighted by Gasteiger charge is 2.10. The van der Waals surface area contributed by atoms with Crippen LogP contribution in [-0.2, 0) is 0 Å². The summed E-state index contributed by atoms with van der Waals surface area (Å²) < 4.78 is 18.6. The summed E-state index contributed by atoms with van der Waals surface area (Å²) >= 11 is 0. The van der Waals surface area contributed by atoms with Gasteiger partial charge in [0.25, 0.3) is 5.91 Å². The largest absolute Gasteiger partial charge is 0.507 e. The number of rotatable bonds is 6. The number of ether oxygens (including phenoxy) is 1. The number of phenolic OH excluding ortho intramolecular Hbond substituents is 1. The second-order valence-electron chi connectivity index (χ2n) is 4.91. The normalized spacial score (nSPS) is 10.3. The third-order valence-corrected chi connectivity index (χ3v) is 3.10. The minimum atomic E-state index is -0.406. The zero-order valence-electron chi connectivity index (χ0n) is 12.3. The molecule has 22 heavy (non-hydrogen) atoms. The molecule has 2 aromatic rings. The van der Waals surface area contributed by atoms with Crippen molar-refractivity contribution in [3.63, 3.8) is 0 Å². The molecule has 2 N–H and O–H groups in total. The van der Waals surface area contributed by atoms with E-state index in [1.165, 1.54) is 12.1 Å². The van der Waals surface area contributed by atoms with E-state index in [4.69, 9.17) is 4.74 Å². The molecular weight excluding hydrogens is 285 g/mol. The van der Waals surface area contributed by atoms with Gasteiger partial charge in [-0.1, -0.05) is 18.2 Å². The minimum absolute atomic E-state index is 0.0416. The van der Waals surface area contributed by atoms with E-state index in [9.17, 15) is 14.3 Å². The number of aryl methyl sites for hydroxylation is 1. The molecule has 0 aliphatic carbocycles. The Labute approximate surface area is 128 Å². The van der Waals surface area contributed by atoms with E-state index in [2.05, 4.69) is 5.32 Å². The summed E-state index contributed by atoms with van der Waals surface area (Å²) in [6, 6.07) is 11.0. The maximum Gasteiger partial charge on any atom is 0.255 e. The van der Waals surface area contributed by atoms with Crippen molar-refractivity contribution in [2.24, 2.45) is 0 Å². The number of phenols is 1. The van der Waals surface area contributed by atoms with Crippen LogP contribution in [0.3, 0.4) is 0 Å². The molecule has 0 bridgehead atoms. The summed E-state index contributed by atoms with van der Waals surface area (Å²) in [5.74, 6) is -0.593. The maximum atomic E-state index is 13.3. The third-order valence-electron chi connectivity index (χ3n) is 3.10. The molecule has 0 spiro atoms. The van der Waals surface area contributed by atoms with Gasteiger partial charge in [-0.3, -0.25) is 4.79 Å². The smallest absolute Gasteiger partial charge is 0.255 e. The molecule has 0 atom stereocenters. The van der Waals surface area contributed by atoms with Gasteiger partial charge in [-0.15, -0.1) is 0 Å². The molecule has 4 nitrogen and oxygen atoms in total. The number of amides is 1. The maximum absolute atomic E-state index is 13.3. The molecule has 0 fully saturated rings. The molecule has 2 aromatic carbocycles. The standard InChI is InChI=1S/C17H18FNO3/c1-12-7-8-13(15(20)11-12)17(21)19-9-4-10-22-16-6-3-2-5-14(16)18/h2-3,5-8,11,20H,4,9-10H2,1H3,(H,19,21). The molecular formula is C17H18FNO3. The van der Waals surface area contributed by atoms with Gasteiger partial charge in [0.15, 0.2) is 11.6 Å². The molecule has 0 heterocycles. The van der Waals surface area contributed by atoms with Gasteiger partial charge in [-0.2, -0.15) is 0 Å². The fourth-order valence-corrected chi connectivity index (χ4v) is 1.95. The summed E-state index contributed by atoms with van der Waals surface area (Å²) in [6.45, 7) is 2.50. The lowest BCUT2D eigenvalue weighted by Crippen LogP contribution is -2.25. The highest BCUT2D eigenvalue weighted by atomic mass is 19.1. The monoisotopic (exact) mass is 303 g/mol. The van der Waals surface area contributed by atoms with Crippen molar-refractivity contribution >= 4 is 5.91 Å². The number of benzene rings is 2. The Morgan fingerprint density at radius 1 is 1.27 bits per heavy atom. The molecule has 0 aromatic heterocycles. The van der Waals surface area contributed by atoms with E-state index in [0.29, 0.717) is 19.6 Å². The molecule has 0 saturated carbocycles. The Bertz CT molecular complexity index is 658. The van der Waals surface area contributed by atoms with Crippen LogP contribution in [0.15, 0.2) is 42.5 Å². The van der Waals surface area contributed by atoms with Crippen LogP contribution in [0.25, 0.3) is 0 Å². The first-order valence-electron chi connectivity index (χ1n) is 7.03. The highest BCUT2D eigenvalue weighted by Crippen LogP contribution is 2.18. The molecule has 0 saturated heterocycles. The van der Waals surface area contributed by atoms with Crippen molar-refractivity contribution in [1.29, 1.82) is 0 Å². The molecule has 0 aliphatic rings. The van der Waals surface area contributed by atoms with Crippen molar-refractivity contribution < 1.29 is 19.0 Å². The number of para-hydroxylation sites is 1. The topological polar surface area (TPSA) is 58.6 Å². The van der Waals surface area contributed by atoms with Crippen molar-refractivity contribution in [3.05, 3.63) is 59.4 Å². The Kier molecular flexibility index (Phi) is 5.36. The predicted molar refractivity (Wildman–Crippen MR) is 81.7 cm³/mol. The first kappa shape index (κ1) is 15.8. The Morgan fingerprint density at radius 3 is 2.77 bits per heavy atom. The molecule has 5 heteroatoms. The zero-order chi connectivity index (χ0) is 15.9. The van der Waals surface area contributed by atoms with Crippen LogP contribution in [0.5, 0.6) is 11.5 Å². The Morgan fingerprint density at radius 2 is 2.05 bits per heavy atom. The van der Waals surface area contributed by atoms with Crippen molar-refractivity contribution in [2.45, 2.75) is 13.3 Å². The van der Waals surface area contributed by atoms with Crippen LogP contribution in [0.1, 0.15) is 22.3 Å². The first-order valence-corrected chi connectivity index (χ1v) is 7.03. The van der Waals surface area contributed by atoms with Gasteiger partial charge in [0, 0.05) is 6.54 Å². The van der Waals surface area contributed by atoms with Gasteiger partial charge in [0.1, 0.15) is 5.75 Å². The van der Waals surface area contributed by atoms with Gasteiger partial charge >= 0.3 is 0 Å². The number of nitrogens with one attached hydrogen (secondary N) is 1. The van der Waals surface area contributed by atoms with Gasteiger partial charge in [0.2, 0.25) is 0 Å².